The highest BCUT2D eigenvalue weighted by Crippen LogP contribution is 2.27. The molecule has 31 heavy (non-hydrogen) atoms. The molecule has 2 aromatic heterocycles. The van der Waals surface area contributed by atoms with Gasteiger partial charge in [0.05, 0.1) is 29.0 Å². The Morgan fingerprint density at radius 3 is 2.74 bits per heavy atom. The molecule has 0 aliphatic rings. The highest BCUT2D eigenvalue weighted by atomic mass is 79.9. The van der Waals surface area contributed by atoms with Crippen LogP contribution < -0.4 is 5.43 Å². The second kappa shape index (κ2) is 8.57. The standard InChI is InChI=1S/C22H19BrN6O2/c1-13-21(14(2)29(28-13)17-6-4-3-5-7-17)18-11-19(26-25-18)22(31)27-24-12-15-10-16(23)8-9-20(15)30/h3-12,30H,1-2H3,(H,25,26)(H,27,31). The minimum atomic E-state index is -0.449. The zero-order valence-electron chi connectivity index (χ0n) is 16.8. The van der Waals surface area contributed by atoms with Gasteiger partial charge in [-0.3, -0.25) is 9.89 Å². The maximum atomic E-state index is 12.4. The van der Waals surface area contributed by atoms with Gasteiger partial charge in [-0.25, -0.2) is 10.1 Å². The van der Waals surface area contributed by atoms with Crippen molar-refractivity contribution in [1.82, 2.24) is 25.4 Å². The molecule has 0 saturated carbocycles. The van der Waals surface area contributed by atoms with Crippen LogP contribution in [-0.2, 0) is 0 Å². The maximum Gasteiger partial charge on any atom is 0.289 e. The second-order valence-corrected chi connectivity index (χ2v) is 7.78. The van der Waals surface area contributed by atoms with Crippen LogP contribution in [0.4, 0.5) is 0 Å². The van der Waals surface area contributed by atoms with Crippen LogP contribution >= 0.6 is 15.9 Å². The highest BCUT2D eigenvalue weighted by Gasteiger charge is 2.18. The number of halogens is 1. The summed E-state index contributed by atoms with van der Waals surface area (Å²) < 4.78 is 2.64. The molecule has 0 radical (unpaired) electrons. The Morgan fingerprint density at radius 1 is 1.19 bits per heavy atom. The first-order chi connectivity index (χ1) is 14.9. The van der Waals surface area contributed by atoms with Gasteiger partial charge in [0, 0.05) is 15.6 Å². The van der Waals surface area contributed by atoms with Gasteiger partial charge in [-0.05, 0) is 50.2 Å². The zero-order valence-corrected chi connectivity index (χ0v) is 18.4. The van der Waals surface area contributed by atoms with Gasteiger partial charge in [-0.2, -0.15) is 15.3 Å². The quantitative estimate of drug-likeness (QED) is 0.296. The smallest absolute Gasteiger partial charge is 0.289 e. The summed E-state index contributed by atoms with van der Waals surface area (Å²) in [5, 5.41) is 25.4. The van der Waals surface area contributed by atoms with Crippen LogP contribution in [0.5, 0.6) is 5.75 Å². The average Bonchev–Trinajstić information content (AvgIpc) is 3.35. The fraction of sp³-hybridized carbons (Fsp3) is 0.0909. The van der Waals surface area contributed by atoms with E-state index in [4.69, 9.17) is 0 Å². The minimum absolute atomic E-state index is 0.0615. The van der Waals surface area contributed by atoms with Gasteiger partial charge in [0.1, 0.15) is 11.4 Å². The molecular weight excluding hydrogens is 460 g/mol. The number of carbonyl (C=O) groups is 1. The lowest BCUT2D eigenvalue weighted by Crippen LogP contribution is -2.18. The molecule has 0 aliphatic carbocycles. The number of hydrazone groups is 1. The predicted octanol–water partition coefficient (Wildman–Crippen LogP) is 4.11. The Kier molecular flexibility index (Phi) is 5.68. The topological polar surface area (TPSA) is 108 Å². The first-order valence-electron chi connectivity index (χ1n) is 9.43. The third-order valence-corrected chi connectivity index (χ3v) is 5.22. The predicted molar refractivity (Wildman–Crippen MR) is 121 cm³/mol. The summed E-state index contributed by atoms with van der Waals surface area (Å²) in [6, 6.07) is 16.4. The molecule has 0 unspecified atom stereocenters. The molecule has 0 aliphatic heterocycles. The van der Waals surface area contributed by atoms with E-state index in [2.05, 4.69) is 41.8 Å². The van der Waals surface area contributed by atoms with Crippen molar-refractivity contribution in [3.05, 3.63) is 81.7 Å². The first-order valence-corrected chi connectivity index (χ1v) is 10.2. The van der Waals surface area contributed by atoms with E-state index in [9.17, 15) is 9.90 Å². The minimum Gasteiger partial charge on any atom is -0.507 e. The lowest BCUT2D eigenvalue weighted by Gasteiger charge is -2.04. The molecule has 8 nitrogen and oxygen atoms in total. The summed E-state index contributed by atoms with van der Waals surface area (Å²) in [4.78, 5) is 12.4. The number of hydrogen-bond acceptors (Lipinski definition) is 5. The van der Waals surface area contributed by atoms with Crippen LogP contribution in [0.15, 0.2) is 64.2 Å². The van der Waals surface area contributed by atoms with E-state index < -0.39 is 5.91 Å². The van der Waals surface area contributed by atoms with Crippen LogP contribution in [0.3, 0.4) is 0 Å². The molecule has 2 heterocycles. The van der Waals surface area contributed by atoms with E-state index in [-0.39, 0.29) is 11.4 Å². The van der Waals surface area contributed by atoms with E-state index in [0.717, 1.165) is 27.1 Å². The number of benzene rings is 2. The van der Waals surface area contributed by atoms with Gasteiger partial charge in [-0.15, -0.1) is 0 Å². The van der Waals surface area contributed by atoms with Crippen LogP contribution in [-0.4, -0.2) is 37.2 Å². The number of nitrogens with one attached hydrogen (secondary N) is 2. The van der Waals surface area contributed by atoms with Crippen molar-refractivity contribution in [3.8, 4) is 22.7 Å². The number of para-hydroxylation sites is 1. The van der Waals surface area contributed by atoms with Crippen molar-refractivity contribution in [2.75, 3.05) is 0 Å². The van der Waals surface area contributed by atoms with Crippen LogP contribution in [0.2, 0.25) is 0 Å². The van der Waals surface area contributed by atoms with Gasteiger partial charge in [0.25, 0.3) is 5.91 Å². The summed E-state index contributed by atoms with van der Waals surface area (Å²) in [6.45, 7) is 3.87. The van der Waals surface area contributed by atoms with Crippen molar-refractivity contribution >= 4 is 28.1 Å². The summed E-state index contributed by atoms with van der Waals surface area (Å²) in [5.41, 5.74) is 7.33. The Hall–Kier alpha value is -3.72. The Morgan fingerprint density at radius 2 is 1.97 bits per heavy atom. The lowest BCUT2D eigenvalue weighted by molar-refractivity contribution is 0.0950. The number of nitrogens with zero attached hydrogens (tertiary/aromatic N) is 4. The Bertz CT molecular complexity index is 1280. The highest BCUT2D eigenvalue weighted by molar-refractivity contribution is 9.10. The molecule has 0 spiro atoms. The van der Waals surface area contributed by atoms with E-state index >= 15 is 0 Å². The number of carbonyl (C=O) groups excluding carboxylic acids is 1. The Balaban J connectivity index is 1.53. The number of phenols is 1. The maximum absolute atomic E-state index is 12.4. The van der Waals surface area contributed by atoms with E-state index in [1.165, 1.54) is 12.3 Å². The number of aromatic hydroxyl groups is 1. The monoisotopic (exact) mass is 478 g/mol. The number of phenolic OH excluding ortho intramolecular Hbond substituents is 1. The van der Waals surface area contributed by atoms with Crippen LogP contribution in [0.1, 0.15) is 27.4 Å². The fourth-order valence-corrected chi connectivity index (χ4v) is 3.63. The van der Waals surface area contributed by atoms with Crippen molar-refractivity contribution in [3.63, 3.8) is 0 Å². The molecule has 9 heteroatoms. The largest absolute Gasteiger partial charge is 0.507 e. The SMILES string of the molecule is Cc1nn(-c2ccccc2)c(C)c1-c1cc(C(=O)NN=Cc2cc(Br)ccc2O)[nH]n1. The summed E-state index contributed by atoms with van der Waals surface area (Å²) in [7, 11) is 0. The number of amides is 1. The van der Waals surface area contributed by atoms with Crippen molar-refractivity contribution < 1.29 is 9.90 Å². The van der Waals surface area contributed by atoms with E-state index in [1.54, 1.807) is 18.2 Å². The third kappa shape index (κ3) is 4.26. The molecule has 0 bridgehead atoms. The first kappa shape index (κ1) is 20.5. The zero-order chi connectivity index (χ0) is 22.0. The number of rotatable bonds is 5. The van der Waals surface area contributed by atoms with Gasteiger partial charge in [0.15, 0.2) is 0 Å². The lowest BCUT2D eigenvalue weighted by atomic mass is 10.1. The fourth-order valence-electron chi connectivity index (χ4n) is 3.25. The number of aromatic nitrogens is 4. The summed E-state index contributed by atoms with van der Waals surface area (Å²) >= 11 is 3.33. The Labute approximate surface area is 186 Å². The molecular formula is C22H19BrN6O2. The molecule has 3 N–H and O–H groups in total. The molecule has 2 aromatic carbocycles. The van der Waals surface area contributed by atoms with Crippen LogP contribution in [0, 0.1) is 13.8 Å². The molecule has 0 fully saturated rings. The molecule has 156 valence electrons. The number of H-pyrrole nitrogens is 1. The van der Waals surface area contributed by atoms with E-state index in [1.807, 2.05) is 48.9 Å². The van der Waals surface area contributed by atoms with Crippen molar-refractivity contribution in [1.29, 1.82) is 0 Å². The third-order valence-electron chi connectivity index (χ3n) is 4.73. The summed E-state index contributed by atoms with van der Waals surface area (Å²) in [5.74, 6) is -0.387. The van der Waals surface area contributed by atoms with Gasteiger partial charge >= 0.3 is 0 Å². The second-order valence-electron chi connectivity index (χ2n) is 6.86. The van der Waals surface area contributed by atoms with Gasteiger partial charge in [0.2, 0.25) is 0 Å². The molecule has 4 aromatic rings. The normalized spacial score (nSPS) is 11.2. The average molecular weight is 479 g/mol. The van der Waals surface area contributed by atoms with E-state index in [0.29, 0.717) is 11.3 Å². The molecule has 0 atom stereocenters. The molecule has 0 saturated heterocycles. The van der Waals surface area contributed by atoms with Gasteiger partial charge < -0.3 is 5.11 Å². The molecule has 1 amide bonds. The van der Waals surface area contributed by atoms with Crippen molar-refractivity contribution in [2.45, 2.75) is 13.8 Å². The van der Waals surface area contributed by atoms with Crippen LogP contribution in [0.25, 0.3) is 16.9 Å². The molecule has 4 rings (SSSR count). The van der Waals surface area contributed by atoms with Crippen molar-refractivity contribution in [2.24, 2.45) is 5.10 Å². The number of hydrogen-bond donors (Lipinski definition) is 3. The van der Waals surface area contributed by atoms with Gasteiger partial charge in [-0.1, -0.05) is 34.1 Å². The summed E-state index contributed by atoms with van der Waals surface area (Å²) in [6.07, 6.45) is 1.37. The number of aromatic amines is 1. The number of aryl methyl sites for hydroxylation is 1.